The second-order valence-electron chi connectivity index (χ2n) is 18.3. The molecule has 0 atom stereocenters. The molecule has 13 rings (SSSR count). The molecule has 13 aromatic rings. The smallest absolute Gasteiger partial charge is 0.0540 e. The van der Waals surface area contributed by atoms with Gasteiger partial charge in [0.2, 0.25) is 0 Å². The molecular weight excluding hydrogens is 859 g/mol. The average Bonchev–Trinajstić information content (AvgIpc) is 3.44. The summed E-state index contributed by atoms with van der Waals surface area (Å²) < 4.78 is 0. The van der Waals surface area contributed by atoms with Crippen LogP contribution < -0.4 is 15.5 Å². The third-order valence-corrected chi connectivity index (χ3v) is 14.0. The zero-order valence-electron chi connectivity index (χ0n) is 38.9. The lowest BCUT2D eigenvalue weighted by atomic mass is 9.89. The Morgan fingerprint density at radius 1 is 0.211 bits per heavy atom. The molecule has 0 bridgehead atoms. The van der Waals surface area contributed by atoms with Gasteiger partial charge < -0.3 is 15.5 Å². The zero-order chi connectivity index (χ0) is 47.1. The van der Waals surface area contributed by atoms with Gasteiger partial charge in [-0.3, -0.25) is 0 Å². The van der Waals surface area contributed by atoms with E-state index in [0.717, 1.165) is 62.1 Å². The number of anilines is 7. The molecule has 0 aliphatic rings. The minimum Gasteiger partial charge on any atom is -0.356 e. The Labute approximate surface area is 413 Å². The maximum Gasteiger partial charge on any atom is 0.0540 e. The molecule has 71 heavy (non-hydrogen) atoms. The highest BCUT2D eigenvalue weighted by atomic mass is 15.1. The largest absolute Gasteiger partial charge is 0.356 e. The Balaban J connectivity index is 0.817. The SMILES string of the molecule is c1ccc(-c2ccc(Nc3ccc(-c4ccc(N(c5ccc(-c6ccc(Nc7ccc(-c8ccccc8)cc7)cc6)cc5)c5ccc6c7cccc8cccc(c9cccc5c96)c87)cc4)cc3)cc2)cc1. The molecule has 3 nitrogen and oxygen atoms in total. The molecule has 0 radical (unpaired) electrons. The van der Waals surface area contributed by atoms with Crippen molar-refractivity contribution in [2.24, 2.45) is 0 Å². The summed E-state index contributed by atoms with van der Waals surface area (Å²) in [6.07, 6.45) is 0. The van der Waals surface area contributed by atoms with Gasteiger partial charge in [0.25, 0.3) is 0 Å². The Morgan fingerprint density at radius 2 is 0.521 bits per heavy atom. The first-order valence-corrected chi connectivity index (χ1v) is 24.3. The van der Waals surface area contributed by atoms with Crippen LogP contribution >= 0.6 is 0 Å². The Hall–Kier alpha value is -9.44. The summed E-state index contributed by atoms with van der Waals surface area (Å²) in [7, 11) is 0. The average molecular weight is 906 g/mol. The van der Waals surface area contributed by atoms with Crippen molar-refractivity contribution in [2.45, 2.75) is 0 Å². The van der Waals surface area contributed by atoms with E-state index in [9.17, 15) is 0 Å². The summed E-state index contributed by atoms with van der Waals surface area (Å²) in [5.74, 6) is 0. The lowest BCUT2D eigenvalue weighted by Crippen LogP contribution is -2.10. The Bertz CT molecular complexity index is 3740. The predicted molar refractivity (Wildman–Crippen MR) is 304 cm³/mol. The fraction of sp³-hybridized carbons (Fsp3) is 0. The Morgan fingerprint density at radius 3 is 0.915 bits per heavy atom. The van der Waals surface area contributed by atoms with E-state index in [2.05, 4.69) is 289 Å². The second-order valence-corrected chi connectivity index (χ2v) is 18.3. The first-order chi connectivity index (χ1) is 35.2. The maximum atomic E-state index is 3.59. The highest BCUT2D eigenvalue weighted by Crippen LogP contribution is 2.46. The van der Waals surface area contributed by atoms with Crippen LogP contribution in [0.1, 0.15) is 0 Å². The highest BCUT2D eigenvalue weighted by Gasteiger charge is 2.20. The molecule has 3 heteroatoms. The molecule has 0 saturated carbocycles. The van der Waals surface area contributed by atoms with Gasteiger partial charge in [-0.2, -0.15) is 0 Å². The van der Waals surface area contributed by atoms with Gasteiger partial charge in [-0.05, 0) is 161 Å². The van der Waals surface area contributed by atoms with Crippen molar-refractivity contribution in [1.29, 1.82) is 0 Å². The molecule has 334 valence electrons. The third kappa shape index (κ3) is 7.96. The summed E-state index contributed by atoms with van der Waals surface area (Å²) in [5, 5.41) is 17.4. The lowest BCUT2D eigenvalue weighted by molar-refractivity contribution is 1.30. The first-order valence-electron chi connectivity index (χ1n) is 24.3. The van der Waals surface area contributed by atoms with Crippen LogP contribution in [0.4, 0.5) is 39.8 Å². The number of hydrogen-bond acceptors (Lipinski definition) is 3. The molecule has 0 aliphatic heterocycles. The van der Waals surface area contributed by atoms with Gasteiger partial charge in [-0.15, -0.1) is 0 Å². The van der Waals surface area contributed by atoms with Gasteiger partial charge in [0.1, 0.15) is 0 Å². The topological polar surface area (TPSA) is 27.3 Å². The second kappa shape index (κ2) is 17.9. The molecule has 0 spiro atoms. The van der Waals surface area contributed by atoms with E-state index >= 15 is 0 Å². The summed E-state index contributed by atoms with van der Waals surface area (Å²) in [6, 6.07) is 98.5. The minimum absolute atomic E-state index is 1.05. The summed E-state index contributed by atoms with van der Waals surface area (Å²) in [4.78, 5) is 2.42. The van der Waals surface area contributed by atoms with Gasteiger partial charge in [0.05, 0.1) is 5.69 Å². The van der Waals surface area contributed by atoms with E-state index in [1.54, 1.807) is 0 Å². The van der Waals surface area contributed by atoms with Crippen molar-refractivity contribution >= 4 is 82.9 Å². The van der Waals surface area contributed by atoms with E-state index in [1.165, 1.54) is 65.3 Å². The van der Waals surface area contributed by atoms with E-state index in [-0.39, 0.29) is 0 Å². The van der Waals surface area contributed by atoms with Crippen LogP contribution in [0.3, 0.4) is 0 Å². The molecular formula is C68H47N3. The van der Waals surface area contributed by atoms with Crippen LogP contribution in [-0.2, 0) is 0 Å². The van der Waals surface area contributed by atoms with Crippen LogP contribution in [0.2, 0.25) is 0 Å². The van der Waals surface area contributed by atoms with Gasteiger partial charge >= 0.3 is 0 Å². The number of fused-ring (bicyclic) bond motifs is 2. The van der Waals surface area contributed by atoms with Crippen LogP contribution in [0.25, 0.3) is 87.6 Å². The Kier molecular flexibility index (Phi) is 10.5. The number of hydrogen-bond donors (Lipinski definition) is 2. The van der Waals surface area contributed by atoms with Crippen LogP contribution in [0, 0.1) is 0 Å². The third-order valence-electron chi connectivity index (χ3n) is 14.0. The van der Waals surface area contributed by atoms with Crippen LogP contribution in [0.15, 0.2) is 273 Å². The van der Waals surface area contributed by atoms with Gasteiger partial charge in [0.15, 0.2) is 0 Å². The molecule has 0 amide bonds. The van der Waals surface area contributed by atoms with Gasteiger partial charge in [0, 0.05) is 39.5 Å². The van der Waals surface area contributed by atoms with E-state index in [4.69, 9.17) is 0 Å². The van der Waals surface area contributed by atoms with Crippen molar-refractivity contribution in [3.05, 3.63) is 273 Å². The quantitative estimate of drug-likeness (QED) is 0.100. The lowest BCUT2D eigenvalue weighted by Gasteiger charge is -2.28. The van der Waals surface area contributed by atoms with Crippen LogP contribution in [0.5, 0.6) is 0 Å². The number of rotatable bonds is 11. The standard InChI is InChI=1S/C68H47N3/c1-3-10-46(11-4-1)48-20-32-55(33-21-48)69-57-36-24-50(25-37-57)52-28-40-59(41-29-52)71(66-45-44-64-62-17-8-15-54-14-7-16-61(67(54)62)63-18-9-19-65(66)68(63)64)60-42-30-53(31-43-60)51-26-38-58(39-27-51)70-56-34-22-49(23-35-56)47-12-5-2-6-13-47/h1-45,69-70H. The maximum absolute atomic E-state index is 3.59. The summed E-state index contributed by atoms with van der Waals surface area (Å²) >= 11 is 0. The monoisotopic (exact) mass is 905 g/mol. The molecule has 0 unspecified atom stereocenters. The molecule has 0 aromatic heterocycles. The van der Waals surface area contributed by atoms with Crippen molar-refractivity contribution in [1.82, 2.24) is 0 Å². The molecule has 13 aromatic carbocycles. The number of nitrogens with zero attached hydrogens (tertiary/aromatic N) is 1. The van der Waals surface area contributed by atoms with Crippen molar-refractivity contribution in [3.63, 3.8) is 0 Å². The molecule has 0 fully saturated rings. The first kappa shape index (κ1) is 41.7. The van der Waals surface area contributed by atoms with E-state index in [0.29, 0.717) is 0 Å². The number of benzene rings is 13. The van der Waals surface area contributed by atoms with Gasteiger partial charge in [-0.1, -0.05) is 194 Å². The summed E-state index contributed by atoms with van der Waals surface area (Å²) in [5.41, 5.74) is 17.0. The van der Waals surface area contributed by atoms with Gasteiger partial charge in [-0.25, -0.2) is 0 Å². The predicted octanol–water partition coefficient (Wildman–Crippen LogP) is 19.4. The highest BCUT2D eigenvalue weighted by molar-refractivity contribution is 6.34. The fourth-order valence-electron chi connectivity index (χ4n) is 10.4. The normalized spacial score (nSPS) is 11.4. The summed E-state index contributed by atoms with van der Waals surface area (Å²) in [6.45, 7) is 0. The molecule has 2 N–H and O–H groups in total. The number of nitrogens with one attached hydrogen (secondary N) is 2. The minimum atomic E-state index is 1.05. The zero-order valence-corrected chi connectivity index (χ0v) is 38.9. The van der Waals surface area contributed by atoms with Crippen molar-refractivity contribution in [3.8, 4) is 44.5 Å². The molecule has 0 heterocycles. The van der Waals surface area contributed by atoms with Crippen LogP contribution in [-0.4, -0.2) is 0 Å². The van der Waals surface area contributed by atoms with E-state index in [1.807, 2.05) is 0 Å². The van der Waals surface area contributed by atoms with Crippen molar-refractivity contribution in [2.75, 3.05) is 15.5 Å². The molecule has 0 aliphatic carbocycles. The molecule has 0 saturated heterocycles. The fourth-order valence-corrected chi connectivity index (χ4v) is 10.4. The van der Waals surface area contributed by atoms with E-state index < -0.39 is 0 Å². The van der Waals surface area contributed by atoms with Crippen molar-refractivity contribution < 1.29 is 0 Å².